The highest BCUT2D eigenvalue weighted by atomic mass is 16.5. The van der Waals surface area contributed by atoms with Crippen molar-refractivity contribution in [3.05, 3.63) is 65.7 Å². The summed E-state index contributed by atoms with van der Waals surface area (Å²) >= 11 is 0. The Morgan fingerprint density at radius 1 is 1.17 bits per heavy atom. The number of rotatable bonds is 5. The molecule has 2 aromatic carbocycles. The molecule has 3 rings (SSSR count). The number of nitrogens with one attached hydrogen (secondary N) is 1. The van der Waals surface area contributed by atoms with Gasteiger partial charge in [0.25, 0.3) is 5.91 Å². The number of benzene rings is 2. The fourth-order valence-electron chi connectivity index (χ4n) is 2.86. The van der Waals surface area contributed by atoms with Gasteiger partial charge in [-0.2, -0.15) is 0 Å². The highest BCUT2D eigenvalue weighted by Gasteiger charge is 2.25. The van der Waals surface area contributed by atoms with Gasteiger partial charge in [-0.05, 0) is 31.2 Å². The van der Waals surface area contributed by atoms with Gasteiger partial charge >= 0.3 is 0 Å². The second-order valence-electron chi connectivity index (χ2n) is 5.82. The first-order chi connectivity index (χ1) is 11.3. The first-order valence-corrected chi connectivity index (χ1v) is 7.99. The van der Waals surface area contributed by atoms with Gasteiger partial charge in [0.05, 0.1) is 0 Å². The first-order valence-electron chi connectivity index (χ1n) is 7.99. The zero-order valence-corrected chi connectivity index (χ0v) is 13.4. The van der Waals surface area contributed by atoms with E-state index in [0.717, 1.165) is 36.4 Å². The summed E-state index contributed by atoms with van der Waals surface area (Å²) < 4.78 is 5.81. The third-order valence-electron chi connectivity index (χ3n) is 4.29. The number of nitrogens with zero attached hydrogens (tertiary/aromatic N) is 1. The number of hydrogen-bond acceptors (Lipinski definition) is 3. The smallest absolute Gasteiger partial charge is 0.254 e. The minimum atomic E-state index is 0.0611. The van der Waals surface area contributed by atoms with E-state index in [9.17, 15) is 4.79 Å². The molecule has 1 unspecified atom stereocenters. The lowest BCUT2D eigenvalue weighted by molar-refractivity contribution is 0.0741. The number of likely N-dealkylation sites (N-methyl/N-ethyl adjacent to an activating group) is 1. The molecule has 0 aromatic heterocycles. The maximum Gasteiger partial charge on any atom is 0.254 e. The molecule has 1 saturated heterocycles. The van der Waals surface area contributed by atoms with Gasteiger partial charge in [0.15, 0.2) is 0 Å². The highest BCUT2D eigenvalue weighted by Crippen LogP contribution is 2.18. The quantitative estimate of drug-likeness (QED) is 0.923. The molecule has 0 bridgehead atoms. The van der Waals surface area contributed by atoms with E-state index < -0.39 is 0 Å². The monoisotopic (exact) mass is 310 g/mol. The van der Waals surface area contributed by atoms with Crippen LogP contribution in [0, 0.1) is 0 Å². The van der Waals surface area contributed by atoms with Gasteiger partial charge in [0.2, 0.25) is 0 Å². The Kier molecular flexibility index (Phi) is 4.93. The van der Waals surface area contributed by atoms with E-state index in [0.29, 0.717) is 6.61 Å². The molecule has 0 radical (unpaired) electrons. The van der Waals surface area contributed by atoms with Crippen LogP contribution in [0.2, 0.25) is 0 Å². The average Bonchev–Trinajstić information content (AvgIpc) is 3.14. The predicted molar refractivity (Wildman–Crippen MR) is 90.6 cm³/mol. The molecule has 0 spiro atoms. The van der Waals surface area contributed by atoms with Crippen LogP contribution in [0.4, 0.5) is 0 Å². The zero-order valence-electron chi connectivity index (χ0n) is 13.4. The van der Waals surface area contributed by atoms with Crippen molar-refractivity contribution in [3.8, 4) is 5.75 Å². The van der Waals surface area contributed by atoms with E-state index in [1.54, 1.807) is 0 Å². The Balaban J connectivity index is 1.73. The minimum absolute atomic E-state index is 0.0611. The molecule has 1 N–H and O–H groups in total. The summed E-state index contributed by atoms with van der Waals surface area (Å²) in [7, 11) is 1.88. The molecule has 1 fully saturated rings. The van der Waals surface area contributed by atoms with Gasteiger partial charge in [0, 0.05) is 30.8 Å². The van der Waals surface area contributed by atoms with E-state index in [1.807, 2.05) is 66.5 Å². The molecule has 1 aliphatic rings. The summed E-state index contributed by atoms with van der Waals surface area (Å²) in [6, 6.07) is 17.6. The van der Waals surface area contributed by atoms with Crippen molar-refractivity contribution < 1.29 is 9.53 Å². The van der Waals surface area contributed by atoms with Crippen LogP contribution in [0.3, 0.4) is 0 Å². The molecule has 23 heavy (non-hydrogen) atoms. The normalized spacial score (nSPS) is 17.0. The average molecular weight is 310 g/mol. The molecule has 0 saturated carbocycles. The summed E-state index contributed by atoms with van der Waals surface area (Å²) in [6.07, 6.45) is 1.00. The van der Waals surface area contributed by atoms with Gasteiger partial charge in [-0.1, -0.05) is 36.4 Å². The standard InChI is InChI=1S/C19H22N2O2/c1-21(16-11-12-20-13-16)19(22)18-10-6-5-7-15(18)14-23-17-8-3-2-4-9-17/h2-10,16,20H,11-14H2,1H3. The lowest BCUT2D eigenvalue weighted by Gasteiger charge is -2.25. The molecule has 4 heteroatoms. The van der Waals surface area contributed by atoms with Crippen molar-refractivity contribution in [1.82, 2.24) is 10.2 Å². The van der Waals surface area contributed by atoms with E-state index in [-0.39, 0.29) is 11.9 Å². The molecule has 120 valence electrons. The van der Waals surface area contributed by atoms with Crippen molar-refractivity contribution in [2.45, 2.75) is 19.1 Å². The molecular formula is C19H22N2O2. The highest BCUT2D eigenvalue weighted by molar-refractivity contribution is 5.95. The summed E-state index contributed by atoms with van der Waals surface area (Å²) in [5.41, 5.74) is 1.64. The molecule has 1 amide bonds. The lowest BCUT2D eigenvalue weighted by atomic mass is 10.1. The summed E-state index contributed by atoms with van der Waals surface area (Å²) in [5, 5.41) is 3.30. The number of carbonyl (C=O) groups excluding carboxylic acids is 1. The Morgan fingerprint density at radius 3 is 2.65 bits per heavy atom. The Morgan fingerprint density at radius 2 is 1.91 bits per heavy atom. The largest absolute Gasteiger partial charge is 0.489 e. The second-order valence-corrected chi connectivity index (χ2v) is 5.82. The topological polar surface area (TPSA) is 41.6 Å². The SMILES string of the molecule is CN(C(=O)c1ccccc1COc1ccccc1)C1CCNC1. The molecule has 1 heterocycles. The van der Waals surface area contributed by atoms with Gasteiger partial charge < -0.3 is 15.0 Å². The van der Waals surface area contributed by atoms with Crippen molar-refractivity contribution in [2.24, 2.45) is 0 Å². The Hall–Kier alpha value is -2.33. The summed E-state index contributed by atoms with van der Waals surface area (Å²) in [4.78, 5) is 14.7. The van der Waals surface area contributed by atoms with Crippen molar-refractivity contribution in [2.75, 3.05) is 20.1 Å². The third-order valence-corrected chi connectivity index (χ3v) is 4.29. The molecule has 4 nitrogen and oxygen atoms in total. The van der Waals surface area contributed by atoms with E-state index in [1.165, 1.54) is 0 Å². The van der Waals surface area contributed by atoms with E-state index in [2.05, 4.69) is 5.32 Å². The number of ether oxygens (including phenoxy) is 1. The van der Waals surface area contributed by atoms with Crippen LogP contribution in [-0.4, -0.2) is 37.0 Å². The maximum atomic E-state index is 12.8. The van der Waals surface area contributed by atoms with E-state index >= 15 is 0 Å². The van der Waals surface area contributed by atoms with E-state index in [4.69, 9.17) is 4.74 Å². The maximum absolute atomic E-state index is 12.8. The third kappa shape index (κ3) is 3.71. The zero-order chi connectivity index (χ0) is 16.1. The van der Waals surface area contributed by atoms with Crippen LogP contribution < -0.4 is 10.1 Å². The van der Waals surface area contributed by atoms with Gasteiger partial charge in [0.1, 0.15) is 12.4 Å². The Labute approximate surface area is 137 Å². The summed E-state index contributed by atoms with van der Waals surface area (Å²) in [6.45, 7) is 2.23. The number of amides is 1. The van der Waals surface area contributed by atoms with Crippen LogP contribution in [0.25, 0.3) is 0 Å². The van der Waals surface area contributed by atoms with Gasteiger partial charge in [-0.25, -0.2) is 0 Å². The lowest BCUT2D eigenvalue weighted by Crippen LogP contribution is -2.38. The van der Waals surface area contributed by atoms with Crippen molar-refractivity contribution >= 4 is 5.91 Å². The minimum Gasteiger partial charge on any atom is -0.489 e. The molecule has 0 aliphatic carbocycles. The fraction of sp³-hybridized carbons (Fsp3) is 0.316. The van der Waals surface area contributed by atoms with Gasteiger partial charge in [-0.3, -0.25) is 4.79 Å². The number of hydrogen-bond donors (Lipinski definition) is 1. The van der Waals surface area contributed by atoms with Crippen LogP contribution in [0.1, 0.15) is 22.3 Å². The molecule has 1 atom stereocenters. The van der Waals surface area contributed by atoms with Crippen LogP contribution in [0.15, 0.2) is 54.6 Å². The fourth-order valence-corrected chi connectivity index (χ4v) is 2.86. The van der Waals surface area contributed by atoms with Crippen molar-refractivity contribution in [1.29, 1.82) is 0 Å². The summed E-state index contributed by atoms with van der Waals surface area (Å²) in [5.74, 6) is 0.870. The molecular weight excluding hydrogens is 288 g/mol. The van der Waals surface area contributed by atoms with Gasteiger partial charge in [-0.15, -0.1) is 0 Å². The van der Waals surface area contributed by atoms with Crippen molar-refractivity contribution in [3.63, 3.8) is 0 Å². The first kappa shape index (κ1) is 15.6. The van der Waals surface area contributed by atoms with Crippen LogP contribution in [0.5, 0.6) is 5.75 Å². The number of para-hydroxylation sites is 1. The second kappa shape index (κ2) is 7.29. The Bertz CT molecular complexity index is 651. The molecule has 2 aromatic rings. The predicted octanol–water partition coefficient (Wildman–Crippen LogP) is 2.70. The molecule has 1 aliphatic heterocycles. The van der Waals surface area contributed by atoms with Crippen LogP contribution in [-0.2, 0) is 6.61 Å². The van der Waals surface area contributed by atoms with Crippen LogP contribution >= 0.6 is 0 Å². The number of carbonyl (C=O) groups is 1.